The second-order valence-electron chi connectivity index (χ2n) is 4.59. The summed E-state index contributed by atoms with van der Waals surface area (Å²) >= 11 is 0. The second kappa shape index (κ2) is 5.60. The van der Waals surface area contributed by atoms with Gasteiger partial charge in [-0.15, -0.1) is 0 Å². The molecule has 1 fully saturated rings. The Morgan fingerprint density at radius 3 is 2.94 bits per heavy atom. The lowest BCUT2D eigenvalue weighted by Gasteiger charge is -2.31. The van der Waals surface area contributed by atoms with Gasteiger partial charge in [0.2, 0.25) is 0 Å². The number of rotatable bonds is 3. The van der Waals surface area contributed by atoms with Crippen LogP contribution in [0.3, 0.4) is 0 Å². The minimum absolute atomic E-state index is 0.0265. The molecule has 1 aliphatic heterocycles. The van der Waals surface area contributed by atoms with E-state index in [1.165, 1.54) is 0 Å². The van der Waals surface area contributed by atoms with Crippen LogP contribution in [0.5, 0.6) is 0 Å². The number of aliphatic hydroxyl groups is 3. The summed E-state index contributed by atoms with van der Waals surface area (Å²) in [6.07, 6.45) is 0.318. The van der Waals surface area contributed by atoms with Crippen molar-refractivity contribution in [3.8, 4) is 0 Å². The van der Waals surface area contributed by atoms with Crippen LogP contribution in [0, 0.1) is 0 Å². The lowest BCUT2D eigenvalue weighted by atomic mass is 9.93. The van der Waals surface area contributed by atoms with Gasteiger partial charge in [0.05, 0.1) is 18.8 Å². The molecule has 0 aliphatic carbocycles. The first-order valence-electron chi connectivity index (χ1n) is 6.00. The molecule has 1 aromatic rings. The predicted octanol–water partition coefficient (Wildman–Crippen LogP) is 0.325. The molecular weight excluding hydrogens is 218 g/mol. The van der Waals surface area contributed by atoms with E-state index >= 15 is 0 Å². The highest BCUT2D eigenvalue weighted by Gasteiger charge is 2.26. The molecule has 3 atom stereocenters. The lowest BCUT2D eigenvalue weighted by Crippen LogP contribution is -2.43. The van der Waals surface area contributed by atoms with E-state index in [1.807, 2.05) is 18.2 Å². The summed E-state index contributed by atoms with van der Waals surface area (Å²) < 4.78 is 0. The van der Waals surface area contributed by atoms with E-state index in [9.17, 15) is 10.2 Å². The summed E-state index contributed by atoms with van der Waals surface area (Å²) in [5, 5.41) is 32.1. The van der Waals surface area contributed by atoms with Crippen LogP contribution in [0.25, 0.3) is 0 Å². The smallest absolute Gasteiger partial charge is 0.0944 e. The van der Waals surface area contributed by atoms with Crippen molar-refractivity contribution >= 4 is 0 Å². The molecule has 0 aromatic heterocycles. The fraction of sp³-hybridized carbons (Fsp3) is 0.538. The van der Waals surface area contributed by atoms with Gasteiger partial charge in [0.1, 0.15) is 0 Å². The maximum atomic E-state index is 10.2. The first-order chi connectivity index (χ1) is 8.20. The first kappa shape index (κ1) is 12.5. The molecule has 0 radical (unpaired) electrons. The molecule has 4 heteroatoms. The number of piperidine rings is 1. The van der Waals surface area contributed by atoms with Crippen LogP contribution in [-0.2, 0) is 6.61 Å². The van der Waals surface area contributed by atoms with E-state index in [2.05, 4.69) is 5.32 Å². The number of nitrogens with one attached hydrogen (secondary N) is 1. The zero-order chi connectivity index (χ0) is 12.3. The average Bonchev–Trinajstić information content (AvgIpc) is 2.38. The van der Waals surface area contributed by atoms with E-state index in [0.29, 0.717) is 6.42 Å². The molecule has 0 amide bonds. The van der Waals surface area contributed by atoms with Crippen molar-refractivity contribution in [1.29, 1.82) is 0 Å². The predicted molar refractivity (Wildman–Crippen MR) is 64.4 cm³/mol. The molecule has 17 heavy (non-hydrogen) atoms. The SMILES string of the molecule is OCc1cccc(C(O)C2CC(O)CCN2)c1. The highest BCUT2D eigenvalue weighted by Crippen LogP contribution is 2.23. The summed E-state index contributed by atoms with van der Waals surface area (Å²) in [7, 11) is 0. The van der Waals surface area contributed by atoms with Crippen molar-refractivity contribution in [2.45, 2.75) is 37.7 Å². The van der Waals surface area contributed by atoms with Gasteiger partial charge < -0.3 is 20.6 Å². The van der Waals surface area contributed by atoms with Gasteiger partial charge in [-0.2, -0.15) is 0 Å². The quantitative estimate of drug-likeness (QED) is 0.611. The van der Waals surface area contributed by atoms with E-state index in [1.54, 1.807) is 6.07 Å². The highest BCUT2D eigenvalue weighted by molar-refractivity contribution is 5.25. The molecule has 3 unspecified atom stereocenters. The molecule has 1 aliphatic rings. The zero-order valence-corrected chi connectivity index (χ0v) is 9.71. The third-order valence-electron chi connectivity index (χ3n) is 3.27. The van der Waals surface area contributed by atoms with Crippen LogP contribution in [0.4, 0.5) is 0 Å². The minimum Gasteiger partial charge on any atom is -0.393 e. The third-order valence-corrected chi connectivity index (χ3v) is 3.27. The van der Waals surface area contributed by atoms with Crippen LogP contribution in [0.1, 0.15) is 30.1 Å². The Bertz CT molecular complexity index is 369. The molecule has 1 saturated heterocycles. The standard InChI is InChI=1S/C13H19NO3/c15-8-9-2-1-3-10(6-9)13(17)12-7-11(16)4-5-14-12/h1-3,6,11-17H,4-5,7-8H2. The third kappa shape index (κ3) is 3.04. The number of aliphatic hydroxyl groups excluding tert-OH is 3. The highest BCUT2D eigenvalue weighted by atomic mass is 16.3. The first-order valence-corrected chi connectivity index (χ1v) is 6.00. The van der Waals surface area contributed by atoms with Crippen LogP contribution in [0.2, 0.25) is 0 Å². The van der Waals surface area contributed by atoms with E-state index < -0.39 is 6.10 Å². The van der Waals surface area contributed by atoms with Gasteiger partial charge in [0.15, 0.2) is 0 Å². The Morgan fingerprint density at radius 2 is 2.24 bits per heavy atom. The molecule has 2 rings (SSSR count). The molecule has 1 heterocycles. The van der Waals surface area contributed by atoms with Gasteiger partial charge >= 0.3 is 0 Å². The van der Waals surface area contributed by atoms with Crippen molar-refractivity contribution in [3.05, 3.63) is 35.4 Å². The Hall–Kier alpha value is -0.940. The molecule has 0 spiro atoms. The molecule has 0 saturated carbocycles. The molecule has 94 valence electrons. The number of hydrogen-bond donors (Lipinski definition) is 4. The fourth-order valence-corrected chi connectivity index (χ4v) is 2.28. The summed E-state index contributed by atoms with van der Waals surface area (Å²) in [6.45, 7) is 0.698. The summed E-state index contributed by atoms with van der Waals surface area (Å²) in [6, 6.07) is 7.16. The van der Waals surface area contributed by atoms with E-state index in [0.717, 1.165) is 24.1 Å². The lowest BCUT2D eigenvalue weighted by molar-refractivity contribution is 0.0545. The molecular formula is C13H19NO3. The minimum atomic E-state index is -0.642. The Kier molecular flexibility index (Phi) is 4.12. The van der Waals surface area contributed by atoms with Crippen LogP contribution in [-0.4, -0.2) is 34.0 Å². The molecule has 1 aromatic carbocycles. The molecule has 4 N–H and O–H groups in total. The molecule has 0 bridgehead atoms. The summed E-state index contributed by atoms with van der Waals surface area (Å²) in [4.78, 5) is 0. The van der Waals surface area contributed by atoms with Gasteiger partial charge in [0.25, 0.3) is 0 Å². The monoisotopic (exact) mass is 237 g/mol. The van der Waals surface area contributed by atoms with Crippen molar-refractivity contribution in [2.24, 2.45) is 0 Å². The second-order valence-corrected chi connectivity index (χ2v) is 4.59. The van der Waals surface area contributed by atoms with Crippen molar-refractivity contribution in [3.63, 3.8) is 0 Å². The van der Waals surface area contributed by atoms with Crippen molar-refractivity contribution in [1.82, 2.24) is 5.32 Å². The van der Waals surface area contributed by atoms with Crippen molar-refractivity contribution in [2.75, 3.05) is 6.54 Å². The largest absolute Gasteiger partial charge is 0.393 e. The number of hydrogen-bond acceptors (Lipinski definition) is 4. The maximum Gasteiger partial charge on any atom is 0.0944 e. The number of benzene rings is 1. The average molecular weight is 237 g/mol. The normalized spacial score (nSPS) is 26.8. The van der Waals surface area contributed by atoms with E-state index in [4.69, 9.17) is 5.11 Å². The van der Waals surface area contributed by atoms with Gasteiger partial charge in [-0.25, -0.2) is 0 Å². The Morgan fingerprint density at radius 1 is 1.41 bits per heavy atom. The summed E-state index contributed by atoms with van der Waals surface area (Å²) in [5.74, 6) is 0. The summed E-state index contributed by atoms with van der Waals surface area (Å²) in [5.41, 5.74) is 1.57. The van der Waals surface area contributed by atoms with Crippen molar-refractivity contribution < 1.29 is 15.3 Å². The van der Waals surface area contributed by atoms with Gasteiger partial charge in [-0.1, -0.05) is 24.3 Å². The Balaban J connectivity index is 2.09. The van der Waals surface area contributed by atoms with Crippen LogP contribution >= 0.6 is 0 Å². The zero-order valence-electron chi connectivity index (χ0n) is 9.71. The Labute approximate surface area is 101 Å². The topological polar surface area (TPSA) is 72.7 Å². The van der Waals surface area contributed by atoms with Gasteiger partial charge in [-0.3, -0.25) is 0 Å². The van der Waals surface area contributed by atoms with Crippen LogP contribution in [0.15, 0.2) is 24.3 Å². The van der Waals surface area contributed by atoms with Gasteiger partial charge in [-0.05, 0) is 30.5 Å². The van der Waals surface area contributed by atoms with Crippen LogP contribution < -0.4 is 5.32 Å². The van der Waals surface area contributed by atoms with Gasteiger partial charge in [0, 0.05) is 6.04 Å². The van der Waals surface area contributed by atoms with E-state index in [-0.39, 0.29) is 18.8 Å². The fourth-order valence-electron chi connectivity index (χ4n) is 2.28. The maximum absolute atomic E-state index is 10.2. The molecule has 4 nitrogen and oxygen atoms in total.